The Hall–Kier alpha value is -2.34. The molecule has 0 aromatic rings. The summed E-state index contributed by atoms with van der Waals surface area (Å²) >= 11 is 0. The van der Waals surface area contributed by atoms with Gasteiger partial charge in [-0.05, 0) is 33.7 Å². The SMILES string of the molecule is CC1=C(CC(=O)N[C@@H](C)C2C(F)CC(C#N)C[N+]2=O)C(=O)NC2CCNC(C)C12. The third kappa shape index (κ3) is 4.32. The number of fused-ring (bicyclic) bond motifs is 1. The molecule has 3 N–H and O–H groups in total. The number of rotatable bonds is 4. The first kappa shape index (κ1) is 21.4. The summed E-state index contributed by atoms with van der Waals surface area (Å²) in [4.78, 5) is 37.3. The Morgan fingerprint density at radius 3 is 2.86 bits per heavy atom. The van der Waals surface area contributed by atoms with Crippen molar-refractivity contribution in [3.05, 3.63) is 16.1 Å². The molecule has 3 rings (SSSR count). The molecule has 0 radical (unpaired) electrons. The van der Waals surface area contributed by atoms with Crippen molar-refractivity contribution in [1.82, 2.24) is 16.0 Å². The van der Waals surface area contributed by atoms with Crippen LogP contribution in [-0.2, 0) is 9.59 Å². The van der Waals surface area contributed by atoms with E-state index in [1.165, 1.54) is 0 Å². The number of carbonyl (C=O) groups excluding carboxylic acids is 2. The lowest BCUT2D eigenvalue weighted by Gasteiger charge is -2.42. The van der Waals surface area contributed by atoms with Gasteiger partial charge in [0.1, 0.15) is 5.92 Å². The van der Waals surface area contributed by atoms with Gasteiger partial charge in [0, 0.05) is 39.7 Å². The van der Waals surface area contributed by atoms with Gasteiger partial charge in [-0.3, -0.25) is 9.59 Å². The maximum absolute atomic E-state index is 14.4. The van der Waals surface area contributed by atoms with Crippen LogP contribution in [0.15, 0.2) is 11.1 Å². The number of halogens is 1. The molecular weight excluding hydrogens is 377 g/mol. The largest absolute Gasteiger partial charge is 0.349 e. The van der Waals surface area contributed by atoms with Crippen molar-refractivity contribution < 1.29 is 18.7 Å². The topological polar surface area (TPSA) is 114 Å². The molecule has 0 aromatic carbocycles. The molecule has 0 saturated carbocycles. The van der Waals surface area contributed by atoms with Crippen LogP contribution < -0.4 is 16.0 Å². The van der Waals surface area contributed by atoms with E-state index in [0.29, 0.717) is 10.3 Å². The van der Waals surface area contributed by atoms with Gasteiger partial charge in [0.15, 0.2) is 6.17 Å². The fourth-order valence-electron chi connectivity index (χ4n) is 5.03. The van der Waals surface area contributed by atoms with Crippen LogP contribution in [0.1, 0.15) is 40.0 Å². The molecule has 8 nitrogen and oxygen atoms in total. The molecule has 3 heterocycles. The van der Waals surface area contributed by atoms with Crippen LogP contribution in [0.5, 0.6) is 0 Å². The molecule has 29 heavy (non-hydrogen) atoms. The monoisotopic (exact) mass is 406 g/mol. The molecule has 0 spiro atoms. The van der Waals surface area contributed by atoms with E-state index in [1.54, 1.807) is 6.92 Å². The Morgan fingerprint density at radius 2 is 2.21 bits per heavy atom. The number of hydrogen-bond acceptors (Lipinski definition) is 5. The van der Waals surface area contributed by atoms with E-state index < -0.39 is 30.1 Å². The van der Waals surface area contributed by atoms with Gasteiger partial charge in [0.25, 0.3) is 6.04 Å². The summed E-state index contributed by atoms with van der Waals surface area (Å²) in [6.07, 6.45) is -0.769. The molecule has 2 saturated heterocycles. The van der Waals surface area contributed by atoms with Gasteiger partial charge in [-0.1, -0.05) is 5.57 Å². The van der Waals surface area contributed by atoms with E-state index in [1.807, 2.05) is 13.0 Å². The predicted octanol–water partition coefficient (Wildman–Crippen LogP) is 0.723. The number of hydrogen-bond donors (Lipinski definition) is 3. The second kappa shape index (κ2) is 8.57. The highest BCUT2D eigenvalue weighted by Crippen LogP contribution is 2.32. The molecule has 2 fully saturated rings. The molecule has 0 bridgehead atoms. The van der Waals surface area contributed by atoms with Crippen LogP contribution in [0.3, 0.4) is 0 Å². The summed E-state index contributed by atoms with van der Waals surface area (Å²) in [6, 6.07) is 0.431. The molecular formula is C20H29FN5O3+. The predicted molar refractivity (Wildman–Crippen MR) is 103 cm³/mol. The fraction of sp³-hybridized carbons (Fsp3) is 0.750. The minimum absolute atomic E-state index is 0.0132. The van der Waals surface area contributed by atoms with Crippen molar-refractivity contribution >= 4 is 11.8 Å². The molecule has 7 atom stereocenters. The van der Waals surface area contributed by atoms with Crippen LogP contribution in [0.25, 0.3) is 0 Å². The quantitative estimate of drug-likeness (QED) is 0.596. The zero-order valence-electron chi connectivity index (χ0n) is 17.1. The van der Waals surface area contributed by atoms with Crippen molar-refractivity contribution in [3.63, 3.8) is 0 Å². The van der Waals surface area contributed by atoms with E-state index in [4.69, 9.17) is 5.26 Å². The minimum atomic E-state index is -1.49. The van der Waals surface area contributed by atoms with Crippen LogP contribution in [-0.4, -0.2) is 60.0 Å². The number of piperidine rings is 2. The molecule has 6 unspecified atom stereocenters. The van der Waals surface area contributed by atoms with E-state index >= 15 is 0 Å². The summed E-state index contributed by atoms with van der Waals surface area (Å²) in [5.74, 6) is -1.15. The van der Waals surface area contributed by atoms with Crippen LogP contribution in [0.2, 0.25) is 0 Å². The highest BCUT2D eigenvalue weighted by molar-refractivity contribution is 6.00. The van der Waals surface area contributed by atoms with Crippen LogP contribution >= 0.6 is 0 Å². The average molecular weight is 406 g/mol. The van der Waals surface area contributed by atoms with Crippen molar-refractivity contribution in [2.45, 2.75) is 70.4 Å². The summed E-state index contributed by atoms with van der Waals surface area (Å²) in [7, 11) is 0. The third-order valence-corrected chi connectivity index (χ3v) is 6.49. The van der Waals surface area contributed by atoms with Crippen molar-refractivity contribution in [2.24, 2.45) is 11.8 Å². The number of alkyl halides is 1. The summed E-state index contributed by atoms with van der Waals surface area (Å²) in [6.45, 7) is 6.32. The highest BCUT2D eigenvalue weighted by Gasteiger charge is 2.47. The maximum atomic E-state index is 14.4. The van der Waals surface area contributed by atoms with Crippen molar-refractivity contribution in [3.8, 4) is 6.07 Å². The van der Waals surface area contributed by atoms with E-state index in [0.717, 1.165) is 18.5 Å². The van der Waals surface area contributed by atoms with Gasteiger partial charge in [-0.2, -0.15) is 5.26 Å². The lowest BCUT2D eigenvalue weighted by atomic mass is 9.76. The average Bonchev–Trinajstić information content (AvgIpc) is 2.64. The first-order valence-corrected chi connectivity index (χ1v) is 10.2. The number of nitrogens with one attached hydrogen (secondary N) is 3. The standard InChI is InChI=1S/C20H28FN5O3/c1-10-14(20(28)25-16-4-5-23-11(2)18(10)16)7-17(27)24-12(3)19-15(21)6-13(8-22)9-26(19)29/h11-13,15-16,18-19,23H,4-7,9H2,1-3H3,(H-,24,25,27,28)/p+1/t11?,12-,13?,15?,16?,18?,19?/m0/s1. The highest BCUT2D eigenvalue weighted by atomic mass is 19.1. The zero-order chi connectivity index (χ0) is 21.3. The first-order valence-electron chi connectivity index (χ1n) is 10.2. The number of nitrogens with zero attached hydrogens (tertiary/aromatic N) is 2. The Morgan fingerprint density at radius 1 is 1.48 bits per heavy atom. The second-order valence-electron chi connectivity index (χ2n) is 8.50. The van der Waals surface area contributed by atoms with Gasteiger partial charge in [-0.15, -0.1) is 0 Å². The van der Waals surface area contributed by atoms with E-state index in [-0.39, 0.29) is 43.3 Å². The smallest absolute Gasteiger partial charge is 0.251 e. The Labute approximate surface area is 169 Å². The fourth-order valence-corrected chi connectivity index (χ4v) is 5.03. The Kier molecular flexibility index (Phi) is 6.32. The Balaban J connectivity index is 1.67. The molecule has 2 amide bonds. The first-order chi connectivity index (χ1) is 13.7. The van der Waals surface area contributed by atoms with Gasteiger partial charge >= 0.3 is 0 Å². The maximum Gasteiger partial charge on any atom is 0.251 e. The second-order valence-corrected chi connectivity index (χ2v) is 8.50. The minimum Gasteiger partial charge on any atom is -0.349 e. The molecule has 3 aliphatic heterocycles. The van der Waals surface area contributed by atoms with Gasteiger partial charge < -0.3 is 16.0 Å². The summed E-state index contributed by atoms with van der Waals surface area (Å²) < 4.78 is 15.0. The molecule has 9 heteroatoms. The van der Waals surface area contributed by atoms with Gasteiger partial charge in [0.05, 0.1) is 18.5 Å². The zero-order valence-corrected chi connectivity index (χ0v) is 17.1. The number of nitriles is 1. The number of carbonyl (C=O) groups is 2. The third-order valence-electron chi connectivity index (χ3n) is 6.49. The van der Waals surface area contributed by atoms with Gasteiger partial charge in [0.2, 0.25) is 18.4 Å². The van der Waals surface area contributed by atoms with Gasteiger partial charge in [-0.25, -0.2) is 4.39 Å². The molecule has 0 aromatic heterocycles. The lowest BCUT2D eigenvalue weighted by Crippen LogP contribution is -2.58. The van der Waals surface area contributed by atoms with Crippen LogP contribution in [0, 0.1) is 28.1 Å². The van der Waals surface area contributed by atoms with Crippen molar-refractivity contribution in [1.29, 1.82) is 5.26 Å². The molecule has 158 valence electrons. The summed E-state index contributed by atoms with van der Waals surface area (Å²) in [5.41, 5.74) is 1.35. The normalized spacial score (nSPS) is 36.0. The summed E-state index contributed by atoms with van der Waals surface area (Å²) in [5, 5.41) is 18.0. The molecule has 3 aliphatic rings. The number of amides is 2. The van der Waals surface area contributed by atoms with E-state index in [2.05, 4.69) is 22.9 Å². The molecule has 0 aliphatic carbocycles. The lowest BCUT2D eigenvalue weighted by molar-refractivity contribution is -0.610. The number of nitroso groups, excluding NO2 is 1. The van der Waals surface area contributed by atoms with E-state index in [9.17, 15) is 18.9 Å². The Bertz CT molecular complexity index is 777. The van der Waals surface area contributed by atoms with Crippen molar-refractivity contribution in [2.75, 3.05) is 13.1 Å². The van der Waals surface area contributed by atoms with Crippen LogP contribution in [0.4, 0.5) is 4.39 Å².